The van der Waals surface area contributed by atoms with Gasteiger partial charge in [-0.1, -0.05) is 52.3 Å². The molecule has 2 aromatic heterocycles. The monoisotopic (exact) mass is 453 g/mol. The molecule has 0 fully saturated rings. The highest BCUT2D eigenvalue weighted by Crippen LogP contribution is 2.42. The molecule has 3 aromatic carbocycles. The topological polar surface area (TPSA) is 33.6 Å². The molecule has 0 bridgehead atoms. The fraction of sp³-hybridized carbons (Fsp3) is 0.115. The highest BCUT2D eigenvalue weighted by atomic mass is 79.9. The molecule has 0 spiro atoms. The maximum Gasteiger partial charge on any atom is 0.144 e. The van der Waals surface area contributed by atoms with Crippen molar-refractivity contribution in [1.29, 1.82) is 0 Å². The standard InChI is InChI=1S/C26H20BrN3/c1-15-7-8-17(13-16(15)2)19-11-12-30-23-6-4-3-5-22(23)29-26(30)24-20-14-18(27)9-10-21(20)28-25(19)24/h3-11,13-14,28H,12H2,1-2H3. The van der Waals surface area contributed by atoms with Gasteiger partial charge in [-0.05, 0) is 60.9 Å². The van der Waals surface area contributed by atoms with E-state index in [1.807, 2.05) is 0 Å². The lowest BCUT2D eigenvalue weighted by Gasteiger charge is -2.09. The van der Waals surface area contributed by atoms with Gasteiger partial charge in [0.15, 0.2) is 0 Å². The third-order valence-electron chi connectivity index (χ3n) is 6.20. The first kappa shape index (κ1) is 17.7. The van der Waals surface area contributed by atoms with Crippen LogP contribution >= 0.6 is 15.9 Å². The lowest BCUT2D eigenvalue weighted by atomic mass is 9.96. The van der Waals surface area contributed by atoms with Crippen molar-refractivity contribution in [2.75, 3.05) is 0 Å². The van der Waals surface area contributed by atoms with E-state index in [0.29, 0.717) is 0 Å². The van der Waals surface area contributed by atoms with Gasteiger partial charge in [-0.2, -0.15) is 0 Å². The molecule has 1 aliphatic rings. The minimum absolute atomic E-state index is 0.788. The average molecular weight is 454 g/mol. The van der Waals surface area contributed by atoms with E-state index in [0.717, 1.165) is 33.6 Å². The van der Waals surface area contributed by atoms with Crippen LogP contribution in [0.25, 0.3) is 38.9 Å². The smallest absolute Gasteiger partial charge is 0.144 e. The van der Waals surface area contributed by atoms with Crippen molar-refractivity contribution < 1.29 is 0 Å². The minimum atomic E-state index is 0.788. The van der Waals surface area contributed by atoms with E-state index < -0.39 is 0 Å². The number of para-hydroxylation sites is 2. The van der Waals surface area contributed by atoms with E-state index in [2.05, 4.69) is 106 Å². The summed E-state index contributed by atoms with van der Waals surface area (Å²) in [7, 11) is 0. The van der Waals surface area contributed by atoms with Gasteiger partial charge in [-0.3, -0.25) is 0 Å². The van der Waals surface area contributed by atoms with Gasteiger partial charge in [-0.25, -0.2) is 4.98 Å². The fourth-order valence-electron chi connectivity index (χ4n) is 4.51. The predicted molar refractivity (Wildman–Crippen MR) is 128 cm³/mol. The zero-order chi connectivity index (χ0) is 20.4. The van der Waals surface area contributed by atoms with E-state index in [1.165, 1.54) is 38.7 Å². The van der Waals surface area contributed by atoms with Gasteiger partial charge in [0, 0.05) is 27.5 Å². The molecule has 0 saturated heterocycles. The third kappa shape index (κ3) is 2.53. The van der Waals surface area contributed by atoms with Gasteiger partial charge < -0.3 is 9.55 Å². The zero-order valence-corrected chi connectivity index (χ0v) is 18.4. The number of halogens is 1. The number of hydrogen-bond acceptors (Lipinski definition) is 1. The predicted octanol–water partition coefficient (Wildman–Crippen LogP) is 7.01. The number of nitrogens with one attached hydrogen (secondary N) is 1. The number of nitrogens with zero attached hydrogens (tertiary/aromatic N) is 2. The van der Waals surface area contributed by atoms with Gasteiger partial charge in [0.25, 0.3) is 0 Å². The van der Waals surface area contributed by atoms with E-state index >= 15 is 0 Å². The molecule has 0 unspecified atom stereocenters. The second-order valence-corrected chi connectivity index (χ2v) is 8.93. The molecule has 0 aliphatic carbocycles. The van der Waals surface area contributed by atoms with Crippen LogP contribution in [-0.2, 0) is 6.54 Å². The molecule has 146 valence electrons. The molecule has 3 heterocycles. The first-order valence-corrected chi connectivity index (χ1v) is 10.9. The quantitative estimate of drug-likeness (QED) is 0.291. The molecule has 1 aliphatic heterocycles. The van der Waals surface area contributed by atoms with E-state index in [9.17, 15) is 0 Å². The number of fused-ring (bicyclic) bond motifs is 7. The fourth-order valence-corrected chi connectivity index (χ4v) is 4.87. The number of H-pyrrole nitrogens is 1. The summed E-state index contributed by atoms with van der Waals surface area (Å²) in [5.74, 6) is 1.02. The molecule has 0 radical (unpaired) electrons. The van der Waals surface area contributed by atoms with Crippen molar-refractivity contribution >= 4 is 43.4 Å². The maximum absolute atomic E-state index is 5.06. The maximum atomic E-state index is 5.06. The third-order valence-corrected chi connectivity index (χ3v) is 6.70. The van der Waals surface area contributed by atoms with Gasteiger partial charge >= 0.3 is 0 Å². The van der Waals surface area contributed by atoms with E-state index in [-0.39, 0.29) is 0 Å². The summed E-state index contributed by atoms with van der Waals surface area (Å²) in [6, 6.07) is 21.5. The highest BCUT2D eigenvalue weighted by molar-refractivity contribution is 9.10. The first-order chi connectivity index (χ1) is 14.6. The van der Waals surface area contributed by atoms with Gasteiger partial charge in [0.05, 0.1) is 22.3 Å². The Kier molecular flexibility index (Phi) is 3.81. The highest BCUT2D eigenvalue weighted by Gasteiger charge is 2.25. The van der Waals surface area contributed by atoms with Crippen molar-refractivity contribution in [3.63, 3.8) is 0 Å². The number of rotatable bonds is 1. The Balaban J connectivity index is 1.72. The summed E-state index contributed by atoms with van der Waals surface area (Å²) in [6.45, 7) is 5.13. The van der Waals surface area contributed by atoms with Crippen molar-refractivity contribution in [1.82, 2.24) is 14.5 Å². The van der Waals surface area contributed by atoms with Gasteiger partial charge in [0.2, 0.25) is 0 Å². The van der Waals surface area contributed by atoms with Crippen LogP contribution in [0.5, 0.6) is 0 Å². The lowest BCUT2D eigenvalue weighted by molar-refractivity contribution is 0.866. The Morgan fingerprint density at radius 3 is 2.70 bits per heavy atom. The molecule has 30 heavy (non-hydrogen) atoms. The number of imidazole rings is 1. The van der Waals surface area contributed by atoms with Gasteiger partial charge in [-0.15, -0.1) is 0 Å². The summed E-state index contributed by atoms with van der Waals surface area (Å²) in [4.78, 5) is 8.77. The SMILES string of the molecule is Cc1ccc(C2=CCn3c(nc4ccccc43)-c3c2[nH]c2ccc(Br)cc32)cc1C. The minimum Gasteiger partial charge on any atom is -0.354 e. The van der Waals surface area contributed by atoms with Crippen molar-refractivity contribution in [2.24, 2.45) is 0 Å². The van der Waals surface area contributed by atoms with Crippen LogP contribution in [0.4, 0.5) is 0 Å². The number of aryl methyl sites for hydroxylation is 2. The Hall–Kier alpha value is -3.11. The summed E-state index contributed by atoms with van der Waals surface area (Å²) in [5, 5.41) is 1.19. The molecule has 0 atom stereocenters. The van der Waals surface area contributed by atoms with Crippen molar-refractivity contribution in [2.45, 2.75) is 20.4 Å². The number of allylic oxidation sites excluding steroid dienone is 1. The molecule has 6 rings (SSSR count). The molecule has 4 heteroatoms. The number of benzene rings is 3. The van der Waals surface area contributed by atoms with Crippen LogP contribution in [0, 0.1) is 13.8 Å². The summed E-state index contributed by atoms with van der Waals surface area (Å²) in [5.41, 5.74) is 10.7. The van der Waals surface area contributed by atoms with Crippen LogP contribution in [0.1, 0.15) is 22.4 Å². The van der Waals surface area contributed by atoms with Crippen LogP contribution in [0.3, 0.4) is 0 Å². The second kappa shape index (κ2) is 6.44. The Morgan fingerprint density at radius 2 is 1.83 bits per heavy atom. The number of aromatic amines is 1. The Bertz CT molecular complexity index is 1500. The zero-order valence-electron chi connectivity index (χ0n) is 16.8. The normalized spacial score (nSPS) is 13.2. The average Bonchev–Trinajstić information content (AvgIpc) is 3.24. The van der Waals surface area contributed by atoms with E-state index in [4.69, 9.17) is 4.98 Å². The number of aromatic nitrogens is 3. The molecule has 3 nitrogen and oxygen atoms in total. The van der Waals surface area contributed by atoms with Crippen LogP contribution in [0.15, 0.2) is 71.2 Å². The van der Waals surface area contributed by atoms with Crippen LogP contribution in [0.2, 0.25) is 0 Å². The Morgan fingerprint density at radius 1 is 0.967 bits per heavy atom. The second-order valence-electron chi connectivity index (χ2n) is 8.02. The molecule has 0 amide bonds. The van der Waals surface area contributed by atoms with Crippen LogP contribution < -0.4 is 0 Å². The molecule has 5 aromatic rings. The molecular weight excluding hydrogens is 434 g/mol. The summed E-state index contributed by atoms with van der Waals surface area (Å²) in [6.07, 6.45) is 2.33. The largest absolute Gasteiger partial charge is 0.354 e. The summed E-state index contributed by atoms with van der Waals surface area (Å²) >= 11 is 3.66. The molecular formula is C26H20BrN3. The Labute approximate surface area is 183 Å². The van der Waals surface area contributed by atoms with Gasteiger partial charge in [0.1, 0.15) is 5.82 Å². The summed E-state index contributed by atoms with van der Waals surface area (Å²) < 4.78 is 3.40. The first-order valence-electron chi connectivity index (χ1n) is 10.1. The van der Waals surface area contributed by atoms with E-state index in [1.54, 1.807) is 0 Å². The van der Waals surface area contributed by atoms with Crippen molar-refractivity contribution in [3.8, 4) is 11.4 Å². The molecule has 1 N–H and O–H groups in total. The number of hydrogen-bond donors (Lipinski definition) is 1. The van der Waals surface area contributed by atoms with Crippen LogP contribution in [-0.4, -0.2) is 14.5 Å². The molecule has 0 saturated carbocycles. The van der Waals surface area contributed by atoms with Crippen molar-refractivity contribution in [3.05, 3.63) is 93.6 Å². The lowest BCUT2D eigenvalue weighted by Crippen LogP contribution is -1.96.